The van der Waals surface area contributed by atoms with Gasteiger partial charge in [0.2, 0.25) is 11.9 Å². The van der Waals surface area contributed by atoms with Crippen molar-refractivity contribution in [3.63, 3.8) is 0 Å². The molecule has 2 fully saturated rings. The highest BCUT2D eigenvalue weighted by Gasteiger charge is 2.26. The molecule has 0 aliphatic carbocycles. The monoisotopic (exact) mass is 350 g/mol. The SMILES string of the molecule is CCOC(=O)C1CCN(Cc2nc(N)nc(N3CCOCC3)n2)CC1. The predicted molar refractivity (Wildman–Crippen MR) is 91.9 cm³/mol. The van der Waals surface area contributed by atoms with E-state index in [2.05, 4.69) is 24.8 Å². The molecule has 1 aromatic heterocycles. The molecule has 0 unspecified atom stereocenters. The highest BCUT2D eigenvalue weighted by molar-refractivity contribution is 5.72. The first-order valence-corrected chi connectivity index (χ1v) is 8.88. The van der Waals surface area contributed by atoms with Crippen molar-refractivity contribution < 1.29 is 14.3 Å². The van der Waals surface area contributed by atoms with Gasteiger partial charge in [-0.1, -0.05) is 0 Å². The third kappa shape index (κ3) is 4.76. The van der Waals surface area contributed by atoms with Crippen molar-refractivity contribution in [2.24, 2.45) is 5.92 Å². The molecule has 9 nitrogen and oxygen atoms in total. The van der Waals surface area contributed by atoms with E-state index in [0.717, 1.165) is 39.0 Å². The molecule has 0 saturated carbocycles. The van der Waals surface area contributed by atoms with Gasteiger partial charge in [0.25, 0.3) is 0 Å². The number of morpholine rings is 1. The number of nitrogen functional groups attached to an aromatic ring is 1. The lowest BCUT2D eigenvalue weighted by Crippen LogP contribution is -2.39. The zero-order valence-corrected chi connectivity index (χ0v) is 14.7. The molecular formula is C16H26N6O3. The highest BCUT2D eigenvalue weighted by Crippen LogP contribution is 2.20. The lowest BCUT2D eigenvalue weighted by atomic mass is 9.97. The summed E-state index contributed by atoms with van der Waals surface area (Å²) in [4.78, 5) is 29.2. The fourth-order valence-corrected chi connectivity index (χ4v) is 3.19. The largest absolute Gasteiger partial charge is 0.466 e. The normalized spacial score (nSPS) is 19.8. The Hall–Kier alpha value is -2.00. The van der Waals surface area contributed by atoms with E-state index in [1.807, 2.05) is 6.92 Å². The summed E-state index contributed by atoms with van der Waals surface area (Å²) in [5.41, 5.74) is 5.87. The van der Waals surface area contributed by atoms with E-state index >= 15 is 0 Å². The molecule has 25 heavy (non-hydrogen) atoms. The first kappa shape index (κ1) is 17.8. The van der Waals surface area contributed by atoms with Crippen LogP contribution in [0.2, 0.25) is 0 Å². The summed E-state index contributed by atoms with van der Waals surface area (Å²) in [7, 11) is 0. The van der Waals surface area contributed by atoms with E-state index in [1.54, 1.807) is 0 Å². The third-order valence-corrected chi connectivity index (χ3v) is 4.55. The molecule has 0 spiro atoms. The summed E-state index contributed by atoms with van der Waals surface area (Å²) in [6.45, 7) is 7.38. The molecule has 138 valence electrons. The summed E-state index contributed by atoms with van der Waals surface area (Å²) in [5, 5.41) is 0. The maximum atomic E-state index is 11.8. The molecule has 2 saturated heterocycles. The Morgan fingerprint density at radius 3 is 2.60 bits per heavy atom. The average Bonchev–Trinajstić information content (AvgIpc) is 2.63. The standard InChI is InChI=1S/C16H26N6O3/c1-2-25-14(23)12-3-5-21(6-4-12)11-13-18-15(17)20-16(19-13)22-7-9-24-10-8-22/h12H,2-11H2,1H3,(H2,17,18,19,20). The van der Waals surface area contributed by atoms with Gasteiger partial charge in [0.15, 0.2) is 0 Å². The molecule has 3 rings (SSSR count). The summed E-state index contributed by atoms with van der Waals surface area (Å²) >= 11 is 0. The molecule has 2 aliphatic heterocycles. The second kappa shape index (κ2) is 8.39. The van der Waals surface area contributed by atoms with E-state index in [1.165, 1.54) is 0 Å². The molecule has 2 N–H and O–H groups in total. The van der Waals surface area contributed by atoms with Crippen LogP contribution < -0.4 is 10.6 Å². The number of carbonyl (C=O) groups excluding carboxylic acids is 1. The van der Waals surface area contributed by atoms with Crippen LogP contribution in [0, 0.1) is 5.92 Å². The van der Waals surface area contributed by atoms with Crippen LogP contribution in [-0.2, 0) is 20.8 Å². The summed E-state index contributed by atoms with van der Waals surface area (Å²) in [6.07, 6.45) is 1.60. The maximum Gasteiger partial charge on any atom is 0.309 e. The van der Waals surface area contributed by atoms with E-state index in [4.69, 9.17) is 15.2 Å². The minimum atomic E-state index is -0.0823. The van der Waals surface area contributed by atoms with Crippen LogP contribution in [0.1, 0.15) is 25.6 Å². The Balaban J connectivity index is 1.58. The lowest BCUT2D eigenvalue weighted by molar-refractivity contribution is -0.149. The number of hydrogen-bond acceptors (Lipinski definition) is 9. The van der Waals surface area contributed by atoms with Gasteiger partial charge in [-0.05, 0) is 32.9 Å². The van der Waals surface area contributed by atoms with Crippen LogP contribution >= 0.6 is 0 Å². The fourth-order valence-electron chi connectivity index (χ4n) is 3.19. The van der Waals surface area contributed by atoms with Gasteiger partial charge < -0.3 is 20.1 Å². The Labute approximate surface area is 147 Å². The number of piperidine rings is 1. The van der Waals surface area contributed by atoms with Crippen molar-refractivity contribution >= 4 is 17.9 Å². The van der Waals surface area contributed by atoms with Crippen LogP contribution in [-0.4, -0.2) is 71.8 Å². The number of hydrogen-bond donors (Lipinski definition) is 1. The van der Waals surface area contributed by atoms with Gasteiger partial charge >= 0.3 is 5.97 Å². The van der Waals surface area contributed by atoms with Crippen molar-refractivity contribution in [1.29, 1.82) is 0 Å². The van der Waals surface area contributed by atoms with Crippen molar-refractivity contribution in [2.75, 3.05) is 56.6 Å². The minimum absolute atomic E-state index is 0.00328. The van der Waals surface area contributed by atoms with Gasteiger partial charge in [0.1, 0.15) is 5.82 Å². The van der Waals surface area contributed by atoms with Gasteiger partial charge in [-0.15, -0.1) is 0 Å². The number of esters is 1. The van der Waals surface area contributed by atoms with Crippen molar-refractivity contribution in [2.45, 2.75) is 26.3 Å². The molecule has 0 bridgehead atoms. The second-order valence-electron chi connectivity index (χ2n) is 6.31. The molecule has 3 heterocycles. The minimum Gasteiger partial charge on any atom is -0.466 e. The quantitative estimate of drug-likeness (QED) is 0.738. The summed E-state index contributed by atoms with van der Waals surface area (Å²) in [5.74, 6) is 1.45. The fraction of sp³-hybridized carbons (Fsp3) is 0.750. The van der Waals surface area contributed by atoms with Crippen molar-refractivity contribution in [1.82, 2.24) is 19.9 Å². The van der Waals surface area contributed by atoms with Gasteiger partial charge in [0.05, 0.1) is 32.3 Å². The first-order chi connectivity index (χ1) is 12.2. The second-order valence-corrected chi connectivity index (χ2v) is 6.31. The van der Waals surface area contributed by atoms with Crippen LogP contribution in [0.25, 0.3) is 0 Å². The number of carbonyl (C=O) groups is 1. The van der Waals surface area contributed by atoms with Gasteiger partial charge in [-0.2, -0.15) is 15.0 Å². The van der Waals surface area contributed by atoms with Gasteiger partial charge in [0, 0.05) is 13.1 Å². The highest BCUT2D eigenvalue weighted by atomic mass is 16.5. The van der Waals surface area contributed by atoms with Crippen molar-refractivity contribution in [3.8, 4) is 0 Å². The number of anilines is 2. The van der Waals surface area contributed by atoms with E-state index < -0.39 is 0 Å². The predicted octanol–water partition coefficient (Wildman–Crippen LogP) is 0.0655. The molecule has 0 aromatic carbocycles. The summed E-state index contributed by atoms with van der Waals surface area (Å²) < 4.78 is 10.5. The zero-order chi connectivity index (χ0) is 17.6. The molecule has 9 heteroatoms. The zero-order valence-electron chi connectivity index (χ0n) is 14.7. The Bertz CT molecular complexity index is 585. The van der Waals surface area contributed by atoms with Crippen LogP contribution in [0.4, 0.5) is 11.9 Å². The number of aromatic nitrogens is 3. The van der Waals surface area contributed by atoms with Crippen molar-refractivity contribution in [3.05, 3.63) is 5.82 Å². The molecule has 0 amide bonds. The number of rotatable bonds is 5. The Morgan fingerprint density at radius 2 is 1.92 bits per heavy atom. The lowest BCUT2D eigenvalue weighted by Gasteiger charge is -2.30. The third-order valence-electron chi connectivity index (χ3n) is 4.55. The van der Waals surface area contributed by atoms with Crippen LogP contribution in [0.15, 0.2) is 0 Å². The van der Waals surface area contributed by atoms with Crippen LogP contribution in [0.5, 0.6) is 0 Å². The molecular weight excluding hydrogens is 324 g/mol. The summed E-state index contributed by atoms with van der Waals surface area (Å²) in [6, 6.07) is 0. The number of nitrogens with zero attached hydrogens (tertiary/aromatic N) is 5. The van der Waals surface area contributed by atoms with Gasteiger partial charge in [-0.3, -0.25) is 9.69 Å². The van der Waals surface area contributed by atoms with E-state index in [9.17, 15) is 4.79 Å². The smallest absolute Gasteiger partial charge is 0.309 e. The number of ether oxygens (including phenoxy) is 2. The Kier molecular flexibility index (Phi) is 5.98. The molecule has 0 radical (unpaired) electrons. The average molecular weight is 350 g/mol. The van der Waals surface area contributed by atoms with Gasteiger partial charge in [-0.25, -0.2) is 0 Å². The van der Waals surface area contributed by atoms with E-state index in [-0.39, 0.29) is 17.8 Å². The number of likely N-dealkylation sites (tertiary alicyclic amines) is 1. The Morgan fingerprint density at radius 1 is 1.20 bits per heavy atom. The van der Waals surface area contributed by atoms with Crippen LogP contribution in [0.3, 0.4) is 0 Å². The first-order valence-electron chi connectivity index (χ1n) is 8.88. The molecule has 0 atom stereocenters. The maximum absolute atomic E-state index is 11.8. The van der Waals surface area contributed by atoms with E-state index in [0.29, 0.717) is 38.1 Å². The number of nitrogens with two attached hydrogens (primary N) is 1. The molecule has 1 aromatic rings. The molecule has 2 aliphatic rings. The topological polar surface area (TPSA) is 107 Å².